The molecule has 1 aromatic carbocycles. The van der Waals surface area contributed by atoms with E-state index in [1.807, 2.05) is 0 Å². The molecule has 26 heavy (non-hydrogen) atoms. The third-order valence-corrected chi connectivity index (χ3v) is 6.26. The quantitative estimate of drug-likeness (QED) is 0.872. The van der Waals surface area contributed by atoms with Crippen LogP contribution in [0.3, 0.4) is 0 Å². The van der Waals surface area contributed by atoms with Crippen LogP contribution >= 0.6 is 11.3 Å². The van der Waals surface area contributed by atoms with Crippen molar-refractivity contribution in [2.24, 2.45) is 0 Å². The molecule has 0 spiro atoms. The predicted molar refractivity (Wildman–Crippen MR) is 103 cm³/mol. The minimum absolute atomic E-state index is 0.751. The van der Waals surface area contributed by atoms with E-state index in [0.29, 0.717) is 0 Å². The van der Waals surface area contributed by atoms with Crippen LogP contribution in [0.1, 0.15) is 29.1 Å². The fraction of sp³-hybridized carbons (Fsp3) is 0.550. The van der Waals surface area contributed by atoms with Crippen LogP contribution in [0.4, 0.5) is 0 Å². The van der Waals surface area contributed by atoms with E-state index in [1.165, 1.54) is 5.56 Å². The summed E-state index contributed by atoms with van der Waals surface area (Å²) < 4.78 is 5.40. The van der Waals surface area contributed by atoms with Crippen molar-refractivity contribution in [1.29, 1.82) is 0 Å². The Balaban J connectivity index is 1.33. The van der Waals surface area contributed by atoms with Crippen molar-refractivity contribution in [3.8, 4) is 0 Å². The maximum Gasteiger partial charge on any atom is 0.110 e. The molecule has 4 rings (SSSR count). The first-order valence-corrected chi connectivity index (χ1v) is 10.3. The SMILES string of the molecule is OC1(c2csc(CN3CCOCC3)n2)CCN(Cc2ccccc2)CC1. The topological polar surface area (TPSA) is 48.8 Å². The van der Waals surface area contributed by atoms with E-state index in [9.17, 15) is 5.11 Å². The number of morpholine rings is 1. The van der Waals surface area contributed by atoms with E-state index in [0.717, 1.165) is 76.0 Å². The summed E-state index contributed by atoms with van der Waals surface area (Å²) in [6.45, 7) is 7.17. The van der Waals surface area contributed by atoms with Crippen LogP contribution in [0.5, 0.6) is 0 Å². The average Bonchev–Trinajstić information content (AvgIpc) is 3.15. The normalized spacial score (nSPS) is 21.7. The Kier molecular flexibility index (Phi) is 5.66. The molecule has 2 saturated heterocycles. The first-order chi connectivity index (χ1) is 12.7. The number of aromatic nitrogens is 1. The zero-order chi connectivity index (χ0) is 17.8. The fourth-order valence-corrected chi connectivity index (χ4v) is 4.65. The molecule has 6 heteroatoms. The highest BCUT2D eigenvalue weighted by atomic mass is 32.1. The van der Waals surface area contributed by atoms with Crippen molar-refractivity contribution in [3.63, 3.8) is 0 Å². The molecule has 140 valence electrons. The summed E-state index contributed by atoms with van der Waals surface area (Å²) >= 11 is 1.67. The van der Waals surface area contributed by atoms with Crippen molar-refractivity contribution in [2.75, 3.05) is 39.4 Å². The Bertz CT molecular complexity index is 692. The molecule has 3 heterocycles. The van der Waals surface area contributed by atoms with Crippen LogP contribution < -0.4 is 0 Å². The van der Waals surface area contributed by atoms with Crippen LogP contribution in [-0.4, -0.2) is 59.3 Å². The maximum atomic E-state index is 11.1. The Labute approximate surface area is 159 Å². The lowest BCUT2D eigenvalue weighted by molar-refractivity contribution is -0.0308. The van der Waals surface area contributed by atoms with Crippen LogP contribution in [-0.2, 0) is 23.4 Å². The zero-order valence-corrected chi connectivity index (χ0v) is 16.0. The molecule has 0 unspecified atom stereocenters. The molecular formula is C20H27N3O2S. The van der Waals surface area contributed by atoms with Gasteiger partial charge in [0.2, 0.25) is 0 Å². The summed E-state index contributed by atoms with van der Waals surface area (Å²) in [4.78, 5) is 9.57. The van der Waals surface area contributed by atoms with Gasteiger partial charge in [0.25, 0.3) is 0 Å². The van der Waals surface area contributed by atoms with Gasteiger partial charge in [-0.3, -0.25) is 9.80 Å². The number of piperidine rings is 1. The number of nitrogens with zero attached hydrogens (tertiary/aromatic N) is 3. The number of likely N-dealkylation sites (tertiary alicyclic amines) is 1. The monoisotopic (exact) mass is 373 g/mol. The van der Waals surface area contributed by atoms with E-state index in [2.05, 4.69) is 45.5 Å². The summed E-state index contributed by atoms with van der Waals surface area (Å²) in [5.41, 5.74) is 1.43. The number of hydrogen-bond acceptors (Lipinski definition) is 6. The van der Waals surface area contributed by atoms with Gasteiger partial charge < -0.3 is 9.84 Å². The molecule has 0 saturated carbocycles. The summed E-state index contributed by atoms with van der Waals surface area (Å²) in [5.74, 6) is 0. The van der Waals surface area contributed by atoms with E-state index in [-0.39, 0.29) is 0 Å². The van der Waals surface area contributed by atoms with Crippen molar-refractivity contribution >= 4 is 11.3 Å². The molecule has 0 bridgehead atoms. The molecule has 0 amide bonds. The molecule has 2 aliphatic heterocycles. The average molecular weight is 374 g/mol. The second-order valence-corrected chi connectivity index (χ2v) is 8.25. The second-order valence-electron chi connectivity index (χ2n) is 7.31. The summed E-state index contributed by atoms with van der Waals surface area (Å²) in [7, 11) is 0. The standard InChI is InChI=1S/C20H27N3O2S/c24-20(6-8-22(9-7-20)14-17-4-2-1-3-5-17)18-16-26-19(21-18)15-23-10-12-25-13-11-23/h1-5,16,24H,6-15H2. The minimum atomic E-state index is -0.771. The summed E-state index contributed by atoms with van der Waals surface area (Å²) in [5, 5.41) is 14.3. The van der Waals surface area contributed by atoms with Gasteiger partial charge in [0, 0.05) is 38.1 Å². The van der Waals surface area contributed by atoms with Gasteiger partial charge in [0.1, 0.15) is 10.6 Å². The van der Waals surface area contributed by atoms with Crippen molar-refractivity contribution in [2.45, 2.75) is 31.5 Å². The lowest BCUT2D eigenvalue weighted by Crippen LogP contribution is -2.42. The van der Waals surface area contributed by atoms with Gasteiger partial charge in [-0.05, 0) is 18.4 Å². The van der Waals surface area contributed by atoms with Crippen LogP contribution in [0.15, 0.2) is 35.7 Å². The summed E-state index contributed by atoms with van der Waals surface area (Å²) in [6, 6.07) is 10.6. The lowest BCUT2D eigenvalue weighted by atomic mass is 9.88. The number of aliphatic hydroxyl groups is 1. The van der Waals surface area contributed by atoms with E-state index in [1.54, 1.807) is 11.3 Å². The zero-order valence-electron chi connectivity index (χ0n) is 15.1. The van der Waals surface area contributed by atoms with Crippen LogP contribution in [0.25, 0.3) is 0 Å². The maximum absolute atomic E-state index is 11.1. The van der Waals surface area contributed by atoms with Gasteiger partial charge in [-0.15, -0.1) is 11.3 Å². The molecule has 2 fully saturated rings. The number of ether oxygens (including phenoxy) is 1. The largest absolute Gasteiger partial charge is 0.383 e. The molecule has 0 aliphatic carbocycles. The highest BCUT2D eigenvalue weighted by molar-refractivity contribution is 7.09. The Morgan fingerprint density at radius 1 is 1.00 bits per heavy atom. The number of hydrogen-bond donors (Lipinski definition) is 1. The van der Waals surface area contributed by atoms with Gasteiger partial charge >= 0.3 is 0 Å². The van der Waals surface area contributed by atoms with Gasteiger partial charge in [0.05, 0.1) is 25.5 Å². The van der Waals surface area contributed by atoms with Gasteiger partial charge in [-0.1, -0.05) is 30.3 Å². The molecule has 5 nitrogen and oxygen atoms in total. The highest BCUT2D eigenvalue weighted by Crippen LogP contribution is 2.34. The number of rotatable bonds is 5. The molecule has 0 atom stereocenters. The third-order valence-electron chi connectivity index (χ3n) is 5.42. The molecule has 2 aromatic rings. The molecule has 0 radical (unpaired) electrons. The number of thiazole rings is 1. The van der Waals surface area contributed by atoms with Gasteiger partial charge in [0.15, 0.2) is 0 Å². The fourth-order valence-electron chi connectivity index (χ4n) is 3.73. The van der Waals surface area contributed by atoms with Gasteiger partial charge in [-0.25, -0.2) is 4.98 Å². The Hall–Kier alpha value is -1.31. The highest BCUT2D eigenvalue weighted by Gasteiger charge is 2.36. The second kappa shape index (κ2) is 8.15. The lowest BCUT2D eigenvalue weighted by Gasteiger charge is -2.37. The molecule has 1 N–H and O–H groups in total. The Morgan fingerprint density at radius 3 is 2.42 bits per heavy atom. The van der Waals surface area contributed by atoms with E-state index >= 15 is 0 Å². The molecule has 2 aliphatic rings. The predicted octanol–water partition coefficient (Wildman–Crippen LogP) is 2.46. The molecular weight excluding hydrogens is 346 g/mol. The van der Waals surface area contributed by atoms with E-state index in [4.69, 9.17) is 9.72 Å². The van der Waals surface area contributed by atoms with Crippen LogP contribution in [0.2, 0.25) is 0 Å². The number of benzene rings is 1. The third kappa shape index (κ3) is 4.32. The van der Waals surface area contributed by atoms with Gasteiger partial charge in [-0.2, -0.15) is 0 Å². The minimum Gasteiger partial charge on any atom is -0.383 e. The van der Waals surface area contributed by atoms with Crippen LogP contribution in [0, 0.1) is 0 Å². The van der Waals surface area contributed by atoms with E-state index < -0.39 is 5.60 Å². The van der Waals surface area contributed by atoms with Crippen molar-refractivity contribution in [3.05, 3.63) is 52.0 Å². The summed E-state index contributed by atoms with van der Waals surface area (Å²) in [6.07, 6.45) is 1.50. The molecule has 1 aromatic heterocycles. The van der Waals surface area contributed by atoms with Crippen molar-refractivity contribution < 1.29 is 9.84 Å². The Morgan fingerprint density at radius 2 is 1.69 bits per heavy atom. The first kappa shape index (κ1) is 18.1. The van der Waals surface area contributed by atoms with Crippen molar-refractivity contribution in [1.82, 2.24) is 14.8 Å². The first-order valence-electron chi connectivity index (χ1n) is 9.45. The smallest absolute Gasteiger partial charge is 0.110 e.